The van der Waals surface area contributed by atoms with Gasteiger partial charge in [-0.05, 0) is 363 Å². The molecule has 0 N–H and O–H groups in total. The van der Waals surface area contributed by atoms with E-state index in [-0.39, 0.29) is 0 Å². The van der Waals surface area contributed by atoms with Crippen LogP contribution in [0.1, 0.15) is 49.9 Å². The van der Waals surface area contributed by atoms with Crippen molar-refractivity contribution in [1.29, 1.82) is 0 Å². The molecule has 0 bridgehead atoms. The van der Waals surface area contributed by atoms with E-state index in [0.717, 1.165) is 184 Å². The van der Waals surface area contributed by atoms with Crippen LogP contribution in [0, 0.1) is 0 Å². The summed E-state index contributed by atoms with van der Waals surface area (Å²) in [6, 6.07) is 163. The fourth-order valence-electron chi connectivity index (χ4n) is 23.4. The number of fused-ring (bicyclic) bond motifs is 22. The van der Waals surface area contributed by atoms with E-state index in [4.69, 9.17) is 18.9 Å². The van der Waals surface area contributed by atoms with Gasteiger partial charge in [-0.1, -0.05) is 193 Å². The predicted molar refractivity (Wildman–Crippen MR) is 625 cm³/mol. The summed E-state index contributed by atoms with van der Waals surface area (Å²) in [6.45, 7) is 12.1. The lowest BCUT2D eigenvalue weighted by atomic mass is 9.70. The average molecular weight is 2010 g/mol. The Bertz CT molecular complexity index is 8260. The molecule has 4 heterocycles. The van der Waals surface area contributed by atoms with Gasteiger partial charge in [0, 0.05) is 177 Å². The highest BCUT2D eigenvalue weighted by atomic mass is 32.2. The molecule has 0 saturated carbocycles. The van der Waals surface area contributed by atoms with Crippen molar-refractivity contribution >= 4 is 203 Å². The first-order valence-corrected chi connectivity index (χ1v) is 54.2. The maximum atomic E-state index is 6.07. The lowest BCUT2D eigenvalue weighted by Crippen LogP contribution is -2.27. The van der Waals surface area contributed by atoms with Gasteiger partial charge < -0.3 is 56.8 Å². The van der Waals surface area contributed by atoms with Gasteiger partial charge in [-0.2, -0.15) is 0 Å². The zero-order valence-electron chi connectivity index (χ0n) is 83.7. The van der Waals surface area contributed by atoms with E-state index in [9.17, 15) is 0 Å². The lowest BCUT2D eigenvalue weighted by molar-refractivity contribution is 0.414. The zero-order chi connectivity index (χ0) is 100. The van der Waals surface area contributed by atoms with Crippen molar-refractivity contribution < 1.29 is 18.9 Å². The summed E-state index contributed by atoms with van der Waals surface area (Å²) in [6.07, 6.45) is 0. The number of rotatable bonds is 28. The first kappa shape index (κ1) is 92.3. The molecule has 724 valence electrons. The Balaban J connectivity index is 0.743. The number of nitrogens with zero attached hydrogens (tertiary/aromatic N) is 8. The highest BCUT2D eigenvalue weighted by molar-refractivity contribution is 8.00. The summed E-state index contributed by atoms with van der Waals surface area (Å²) < 4.78 is 34.3. The maximum absolute atomic E-state index is 6.07. The molecular formula is C133H104N8O4S4. The molecule has 0 atom stereocenters. The molecule has 16 heteroatoms. The van der Waals surface area contributed by atoms with Gasteiger partial charge in [-0.25, -0.2) is 0 Å². The van der Waals surface area contributed by atoms with Crippen LogP contribution in [0.2, 0.25) is 0 Å². The Labute approximate surface area is 883 Å². The number of methoxy groups -OCH3 is 4. The van der Waals surface area contributed by atoms with Crippen LogP contribution in [0.3, 0.4) is 0 Å². The molecule has 2 aliphatic rings. The minimum Gasteiger partial charge on any atom is -0.497 e. The van der Waals surface area contributed by atoms with E-state index in [0.29, 0.717) is 0 Å². The Morgan fingerprint density at radius 2 is 0.356 bits per heavy atom. The average Bonchev–Trinajstić information content (AvgIpc) is 1.50. The third-order valence-corrected chi connectivity index (χ3v) is 34.1. The summed E-state index contributed by atoms with van der Waals surface area (Å²) >= 11 is 7.18. The molecule has 0 saturated heterocycles. The molecule has 26 rings (SSSR count). The van der Waals surface area contributed by atoms with Crippen molar-refractivity contribution in [2.75, 3.05) is 48.0 Å². The van der Waals surface area contributed by atoms with Gasteiger partial charge in [0.05, 0.1) is 78.0 Å². The van der Waals surface area contributed by atoms with E-state index < -0.39 is 5.41 Å². The van der Waals surface area contributed by atoms with Gasteiger partial charge in [-0.15, -0.1) is 0 Å². The van der Waals surface area contributed by atoms with Crippen molar-refractivity contribution in [1.82, 2.24) is 18.3 Å². The highest BCUT2D eigenvalue weighted by Gasteiger charge is 2.53. The molecule has 0 aliphatic heterocycles. The normalized spacial score (nSPS) is 12.3. The number of hydrogen-bond acceptors (Lipinski definition) is 12. The quantitative estimate of drug-likeness (QED) is 0.0469. The number of hydrogen-bond donors (Lipinski definition) is 0. The van der Waals surface area contributed by atoms with Crippen LogP contribution < -0.4 is 38.5 Å². The Morgan fingerprint density at radius 1 is 0.181 bits per heavy atom. The second kappa shape index (κ2) is 38.3. The molecule has 20 aromatic carbocycles. The van der Waals surface area contributed by atoms with E-state index >= 15 is 0 Å². The zero-order valence-corrected chi connectivity index (χ0v) is 87.0. The van der Waals surface area contributed by atoms with Gasteiger partial charge in [0.25, 0.3) is 0 Å². The number of benzene rings is 20. The van der Waals surface area contributed by atoms with Crippen molar-refractivity contribution in [3.63, 3.8) is 0 Å². The Kier molecular flexibility index (Phi) is 23.7. The smallest absolute Gasteiger partial charge is 0.119 e. The standard InChI is InChI=1S/C133H104N8O4S4/c1-9-134-125-77-93(45-65-113(125)117-69-57-105(81-129(117)134)146-101-25-17-13-18-26-101)138(85-33-49-97(142-5)50-34-85)89-41-61-109-110-62-42-90(139(86-35-51-98(143-6)52-36-86)94-46-66-114-118-70-58-106(147-102-27-19-14-20-28-102)82-130(118)135(10-2)126(114)78-94)74-122(110)133(121(109)73-89)123-75-91(140(87-37-53-99(144-7)54-38-87)95-47-67-115-119-71-59-107(148-103-29-21-15-22-30-103)83-131(119)136(11-3)127(115)79-95)43-63-111(123)112-64-44-92(76-124(112)133)141(88-39-55-100(145-8)56-40-88)96-48-68-116-120-72-60-108(149-104-31-23-16-24-32-104)84-132(120)137(12-4)128(116)80-96/h13-84H,9-12H2,1-8H3. The van der Waals surface area contributed by atoms with Crippen LogP contribution in [0.4, 0.5) is 68.2 Å². The highest BCUT2D eigenvalue weighted by Crippen LogP contribution is 2.66. The summed E-state index contributed by atoms with van der Waals surface area (Å²) in [5.41, 5.74) is 29.0. The summed E-state index contributed by atoms with van der Waals surface area (Å²) in [7, 11) is 7.00. The largest absolute Gasteiger partial charge is 0.497 e. The first-order chi connectivity index (χ1) is 73.4. The van der Waals surface area contributed by atoms with Crippen LogP contribution in [0.5, 0.6) is 23.0 Å². The molecular weight excluding hydrogens is 1900 g/mol. The number of ether oxygens (including phenoxy) is 4. The van der Waals surface area contributed by atoms with Gasteiger partial charge in [0.15, 0.2) is 0 Å². The van der Waals surface area contributed by atoms with Gasteiger partial charge in [0.1, 0.15) is 23.0 Å². The Hall–Kier alpha value is -16.6. The molecule has 0 amide bonds. The fourth-order valence-corrected chi connectivity index (χ4v) is 26.9. The lowest BCUT2D eigenvalue weighted by Gasteiger charge is -2.35. The first-order valence-electron chi connectivity index (χ1n) is 50.9. The second-order valence-corrected chi connectivity index (χ2v) is 42.6. The molecule has 12 nitrogen and oxygen atoms in total. The van der Waals surface area contributed by atoms with E-state index in [1.807, 2.05) is 0 Å². The van der Waals surface area contributed by atoms with Crippen molar-refractivity contribution in [3.05, 3.63) is 459 Å². The topological polar surface area (TPSA) is 69.6 Å². The van der Waals surface area contributed by atoms with E-state index in [1.54, 1.807) is 75.5 Å². The summed E-state index contributed by atoms with van der Waals surface area (Å²) in [4.78, 5) is 19.4. The van der Waals surface area contributed by atoms with Crippen LogP contribution in [-0.4, -0.2) is 46.7 Å². The number of anilines is 12. The number of aryl methyl sites for hydroxylation is 4. The van der Waals surface area contributed by atoms with E-state index in [2.05, 4.69) is 502 Å². The molecule has 4 aromatic heterocycles. The maximum Gasteiger partial charge on any atom is 0.119 e. The fraction of sp³-hybridized carbons (Fsp3) is 0.0977. The van der Waals surface area contributed by atoms with Crippen LogP contribution in [0.25, 0.3) is 109 Å². The van der Waals surface area contributed by atoms with E-state index in [1.165, 1.54) is 104 Å². The molecule has 24 aromatic rings. The van der Waals surface area contributed by atoms with Gasteiger partial charge in [-0.3, -0.25) is 0 Å². The minimum atomic E-state index is -1.15. The SMILES string of the molecule is CCn1c2cc(Sc3ccccc3)ccc2c2ccc(N(c3ccc(OC)cc3)c3ccc4c(c3)C3(c5cc(N(c6ccc(OC)cc6)c6ccc7c8ccc(Sc9ccccc9)cc8n(CC)c7c6)ccc5-4)c4cc(N(c5ccc(OC)cc5)c5ccc6c7ccc(Sc8ccccc8)cc7n(CC)c6c5)ccc4-c4ccc(N(c5ccc(OC)cc5)c5ccc6c7ccc(Sc8ccccc8)cc7n(CC)c6c5)cc43)cc21. The third kappa shape index (κ3) is 16.0. The number of aromatic nitrogens is 4. The minimum absolute atomic E-state index is 0.756. The molecule has 2 aliphatic carbocycles. The third-order valence-electron chi connectivity index (χ3n) is 30.1. The van der Waals surface area contributed by atoms with Crippen molar-refractivity contribution in [2.45, 2.75) is 98.5 Å². The van der Waals surface area contributed by atoms with Gasteiger partial charge in [0.2, 0.25) is 0 Å². The van der Waals surface area contributed by atoms with Crippen LogP contribution in [0.15, 0.2) is 476 Å². The molecule has 0 radical (unpaired) electrons. The molecule has 149 heavy (non-hydrogen) atoms. The Morgan fingerprint density at radius 3 is 0.550 bits per heavy atom. The monoisotopic (exact) mass is 2000 g/mol. The second-order valence-electron chi connectivity index (χ2n) is 38.0. The predicted octanol–water partition coefficient (Wildman–Crippen LogP) is 37.1. The van der Waals surface area contributed by atoms with Crippen molar-refractivity contribution in [2.24, 2.45) is 0 Å². The van der Waals surface area contributed by atoms with Crippen LogP contribution >= 0.6 is 47.0 Å². The molecule has 1 spiro atoms. The molecule has 0 fully saturated rings. The van der Waals surface area contributed by atoms with Gasteiger partial charge >= 0.3 is 0 Å². The summed E-state index contributed by atoms with van der Waals surface area (Å²) in [5.74, 6) is 3.06. The van der Waals surface area contributed by atoms with Crippen LogP contribution in [-0.2, 0) is 31.6 Å². The molecule has 0 unspecified atom stereocenters. The van der Waals surface area contributed by atoms with Crippen molar-refractivity contribution in [3.8, 4) is 45.3 Å². The summed E-state index contributed by atoms with van der Waals surface area (Å²) in [5, 5.41) is 9.62.